The molecule has 0 fully saturated rings. The Morgan fingerprint density at radius 3 is 2.65 bits per heavy atom. The van der Waals surface area contributed by atoms with Gasteiger partial charge in [-0.3, -0.25) is 4.98 Å². The van der Waals surface area contributed by atoms with Gasteiger partial charge < -0.3 is 0 Å². The summed E-state index contributed by atoms with van der Waals surface area (Å²) in [6.07, 6.45) is 5.46. The van der Waals surface area contributed by atoms with Crippen molar-refractivity contribution >= 4 is 17.4 Å². The molecule has 0 aromatic carbocycles. The maximum Gasteiger partial charge on any atom is 0.212 e. The van der Waals surface area contributed by atoms with Gasteiger partial charge in [0.05, 0.1) is 5.69 Å². The summed E-state index contributed by atoms with van der Waals surface area (Å²) in [5.41, 5.74) is 2.67. The monoisotopic (exact) mass is 243 g/mol. The van der Waals surface area contributed by atoms with E-state index in [4.69, 9.17) is 0 Å². The average molecular weight is 243 g/mol. The first-order valence-electron chi connectivity index (χ1n) is 5.05. The quantitative estimate of drug-likeness (QED) is 0.643. The van der Waals surface area contributed by atoms with Gasteiger partial charge in [0.15, 0.2) is 5.65 Å². The average Bonchev–Trinajstić information content (AvgIpc) is 2.81. The Bertz CT molecular complexity index is 649. The Morgan fingerprint density at radius 2 is 1.88 bits per heavy atom. The molecule has 3 aromatic rings. The SMILES string of the molecule is CSc1nnc2ccc(-c3ccncc3)nn12. The van der Waals surface area contributed by atoms with Crippen LogP contribution in [-0.4, -0.2) is 31.1 Å². The first-order valence-corrected chi connectivity index (χ1v) is 6.28. The van der Waals surface area contributed by atoms with Crippen LogP contribution in [-0.2, 0) is 0 Å². The molecule has 0 bridgehead atoms. The minimum absolute atomic E-state index is 0.757. The van der Waals surface area contributed by atoms with Crippen molar-refractivity contribution in [3.63, 3.8) is 0 Å². The lowest BCUT2D eigenvalue weighted by Gasteiger charge is -2.01. The topological polar surface area (TPSA) is 56.0 Å². The van der Waals surface area contributed by atoms with Crippen LogP contribution in [0.4, 0.5) is 0 Å². The maximum absolute atomic E-state index is 4.52. The highest BCUT2D eigenvalue weighted by Gasteiger charge is 2.07. The molecule has 6 heteroatoms. The number of hydrogen-bond acceptors (Lipinski definition) is 5. The molecule has 3 aromatic heterocycles. The number of rotatable bonds is 2. The van der Waals surface area contributed by atoms with Crippen LogP contribution in [0.1, 0.15) is 0 Å². The van der Waals surface area contributed by atoms with E-state index in [2.05, 4.69) is 20.3 Å². The number of thioether (sulfide) groups is 1. The molecule has 3 rings (SSSR count). The highest BCUT2D eigenvalue weighted by Crippen LogP contribution is 2.18. The van der Waals surface area contributed by atoms with E-state index < -0.39 is 0 Å². The van der Waals surface area contributed by atoms with Crippen molar-refractivity contribution < 1.29 is 0 Å². The summed E-state index contributed by atoms with van der Waals surface area (Å²) in [5, 5.41) is 13.4. The summed E-state index contributed by atoms with van der Waals surface area (Å²) in [6, 6.07) is 7.70. The first-order chi connectivity index (χ1) is 8.38. The standard InChI is InChI=1S/C11H9N5S/c1-17-11-14-13-10-3-2-9(15-16(10)11)8-4-6-12-7-5-8/h2-7H,1H3. The van der Waals surface area contributed by atoms with Crippen LogP contribution in [0, 0.1) is 0 Å². The molecule has 0 aliphatic rings. The Balaban J connectivity index is 2.19. The smallest absolute Gasteiger partial charge is 0.212 e. The third kappa shape index (κ3) is 1.76. The Labute approximate surface area is 102 Å². The van der Waals surface area contributed by atoms with Gasteiger partial charge in [-0.2, -0.15) is 9.61 Å². The zero-order chi connectivity index (χ0) is 11.7. The normalized spacial score (nSPS) is 10.9. The fourth-order valence-electron chi connectivity index (χ4n) is 1.57. The zero-order valence-electron chi connectivity index (χ0n) is 9.11. The maximum atomic E-state index is 4.52. The van der Waals surface area contributed by atoms with Crippen LogP contribution in [0.25, 0.3) is 16.9 Å². The van der Waals surface area contributed by atoms with Gasteiger partial charge >= 0.3 is 0 Å². The summed E-state index contributed by atoms with van der Waals surface area (Å²) in [7, 11) is 0. The molecule has 84 valence electrons. The predicted molar refractivity (Wildman–Crippen MR) is 65.8 cm³/mol. The van der Waals surface area contributed by atoms with Crippen molar-refractivity contribution in [1.29, 1.82) is 0 Å². The number of fused-ring (bicyclic) bond motifs is 1. The number of pyridine rings is 1. The van der Waals surface area contributed by atoms with Crippen molar-refractivity contribution in [3.05, 3.63) is 36.7 Å². The van der Waals surface area contributed by atoms with Crippen LogP contribution in [0.5, 0.6) is 0 Å². The molecule has 0 spiro atoms. The molecule has 0 unspecified atom stereocenters. The fourth-order valence-corrected chi connectivity index (χ4v) is 2.00. The highest BCUT2D eigenvalue weighted by molar-refractivity contribution is 7.98. The molecule has 0 saturated heterocycles. The summed E-state index contributed by atoms with van der Waals surface area (Å²) in [6.45, 7) is 0. The van der Waals surface area contributed by atoms with Gasteiger partial charge in [-0.05, 0) is 30.5 Å². The third-order valence-corrected chi connectivity index (χ3v) is 3.01. The van der Waals surface area contributed by atoms with Crippen LogP contribution in [0.3, 0.4) is 0 Å². The molecular formula is C11H9N5S. The van der Waals surface area contributed by atoms with Crippen molar-refractivity contribution in [3.8, 4) is 11.3 Å². The van der Waals surface area contributed by atoms with E-state index in [1.807, 2.05) is 30.5 Å². The van der Waals surface area contributed by atoms with E-state index in [1.54, 1.807) is 16.9 Å². The van der Waals surface area contributed by atoms with E-state index in [9.17, 15) is 0 Å². The number of hydrogen-bond donors (Lipinski definition) is 0. The lowest BCUT2D eigenvalue weighted by molar-refractivity contribution is 0.814. The summed E-state index contributed by atoms with van der Waals surface area (Å²) >= 11 is 1.52. The second-order valence-corrected chi connectivity index (χ2v) is 4.18. The largest absolute Gasteiger partial charge is 0.265 e. The van der Waals surface area contributed by atoms with Gasteiger partial charge in [-0.25, -0.2) is 0 Å². The van der Waals surface area contributed by atoms with Gasteiger partial charge in [0.1, 0.15) is 0 Å². The molecule has 0 radical (unpaired) electrons. The summed E-state index contributed by atoms with van der Waals surface area (Å²) in [4.78, 5) is 3.99. The van der Waals surface area contributed by atoms with E-state index in [1.165, 1.54) is 11.8 Å². The van der Waals surface area contributed by atoms with Gasteiger partial charge in [-0.15, -0.1) is 10.2 Å². The molecule has 0 saturated carbocycles. The Hall–Kier alpha value is -1.95. The predicted octanol–water partition coefficient (Wildman–Crippen LogP) is 1.91. The van der Waals surface area contributed by atoms with Crippen LogP contribution < -0.4 is 0 Å². The molecule has 3 heterocycles. The molecule has 0 atom stereocenters. The molecule has 0 aliphatic heterocycles. The minimum atomic E-state index is 0.757. The van der Waals surface area contributed by atoms with E-state index in [0.29, 0.717) is 0 Å². The Kier molecular flexibility index (Phi) is 2.49. The van der Waals surface area contributed by atoms with Crippen molar-refractivity contribution in [2.24, 2.45) is 0 Å². The van der Waals surface area contributed by atoms with Crippen LogP contribution >= 0.6 is 11.8 Å². The second-order valence-electron chi connectivity index (χ2n) is 3.41. The second kappa shape index (κ2) is 4.14. The van der Waals surface area contributed by atoms with Crippen molar-refractivity contribution in [1.82, 2.24) is 24.8 Å². The van der Waals surface area contributed by atoms with E-state index >= 15 is 0 Å². The van der Waals surface area contributed by atoms with Gasteiger partial charge in [-0.1, -0.05) is 11.8 Å². The van der Waals surface area contributed by atoms with Gasteiger partial charge in [0.2, 0.25) is 5.16 Å². The zero-order valence-corrected chi connectivity index (χ0v) is 9.92. The summed E-state index contributed by atoms with van der Waals surface area (Å²) < 4.78 is 1.75. The van der Waals surface area contributed by atoms with Crippen molar-refractivity contribution in [2.75, 3.05) is 6.26 Å². The molecule has 0 aliphatic carbocycles. The lowest BCUT2D eigenvalue weighted by atomic mass is 10.2. The molecule has 17 heavy (non-hydrogen) atoms. The minimum Gasteiger partial charge on any atom is -0.265 e. The van der Waals surface area contributed by atoms with Crippen LogP contribution in [0.15, 0.2) is 41.8 Å². The molecule has 0 N–H and O–H groups in total. The Morgan fingerprint density at radius 1 is 1.06 bits per heavy atom. The molecule has 5 nitrogen and oxygen atoms in total. The number of aromatic nitrogens is 5. The third-order valence-electron chi connectivity index (χ3n) is 2.39. The fraction of sp³-hybridized carbons (Fsp3) is 0.0909. The summed E-state index contributed by atoms with van der Waals surface area (Å²) in [5.74, 6) is 0. The molecule has 0 amide bonds. The van der Waals surface area contributed by atoms with Crippen LogP contribution in [0.2, 0.25) is 0 Å². The highest BCUT2D eigenvalue weighted by atomic mass is 32.2. The van der Waals surface area contributed by atoms with Crippen molar-refractivity contribution in [2.45, 2.75) is 5.16 Å². The van der Waals surface area contributed by atoms with Gasteiger partial charge in [0, 0.05) is 18.0 Å². The lowest BCUT2D eigenvalue weighted by Crippen LogP contribution is -1.95. The first kappa shape index (κ1) is 10.2. The van der Waals surface area contributed by atoms with Gasteiger partial charge in [0.25, 0.3) is 0 Å². The van der Waals surface area contributed by atoms with E-state index in [-0.39, 0.29) is 0 Å². The molecular weight excluding hydrogens is 234 g/mol. The van der Waals surface area contributed by atoms with E-state index in [0.717, 1.165) is 22.1 Å². The number of nitrogens with zero attached hydrogens (tertiary/aromatic N) is 5.